The largest absolute Gasteiger partial charge is 0.388 e. The van der Waals surface area contributed by atoms with Gasteiger partial charge in [0.1, 0.15) is 0 Å². The molecular weight excluding hydrogens is 286 g/mol. The highest BCUT2D eigenvalue weighted by atomic mass is 16.3. The predicted molar refractivity (Wildman–Crippen MR) is 80.7 cm³/mol. The molecule has 2 aliphatic heterocycles. The molecule has 0 aromatic heterocycles. The smallest absolute Gasteiger partial charge is 0.254 e. The molecule has 0 spiro atoms. The van der Waals surface area contributed by atoms with Crippen molar-refractivity contribution < 1.29 is 19.8 Å². The van der Waals surface area contributed by atoms with E-state index in [4.69, 9.17) is 0 Å². The highest BCUT2D eigenvalue weighted by molar-refractivity contribution is 6.03. The van der Waals surface area contributed by atoms with Crippen LogP contribution in [0.1, 0.15) is 23.7 Å². The monoisotopic (exact) mass is 305 g/mol. The lowest BCUT2D eigenvalue weighted by Gasteiger charge is -2.40. The van der Waals surface area contributed by atoms with Crippen molar-refractivity contribution in [1.82, 2.24) is 4.90 Å². The Morgan fingerprint density at radius 2 is 2.18 bits per heavy atom. The minimum absolute atomic E-state index is 0.0908. The first kappa shape index (κ1) is 14.8. The van der Waals surface area contributed by atoms with Crippen LogP contribution in [0.15, 0.2) is 18.2 Å². The van der Waals surface area contributed by atoms with Crippen LogP contribution in [0, 0.1) is 0 Å². The average Bonchev–Trinajstić information content (AvgIpc) is 2.48. The number of nitrogens with zero attached hydrogens (tertiary/aromatic N) is 1. The van der Waals surface area contributed by atoms with E-state index in [1.165, 1.54) is 4.90 Å². The zero-order valence-corrected chi connectivity index (χ0v) is 12.3. The molecule has 0 aliphatic carbocycles. The number of anilines is 2. The fourth-order valence-corrected chi connectivity index (χ4v) is 2.70. The van der Waals surface area contributed by atoms with Crippen LogP contribution in [0.5, 0.6) is 0 Å². The van der Waals surface area contributed by atoms with E-state index < -0.39 is 11.7 Å². The highest BCUT2D eigenvalue weighted by Gasteiger charge is 2.38. The minimum atomic E-state index is -1.16. The van der Waals surface area contributed by atoms with Crippen LogP contribution >= 0.6 is 0 Å². The summed E-state index contributed by atoms with van der Waals surface area (Å²) in [5.41, 5.74) is 0.630. The Hall–Kier alpha value is -2.12. The zero-order valence-electron chi connectivity index (χ0n) is 12.3. The lowest BCUT2D eigenvalue weighted by atomic mass is 9.90. The number of aliphatic hydroxyl groups excluding tert-OH is 1. The van der Waals surface area contributed by atoms with Crippen molar-refractivity contribution in [2.45, 2.75) is 25.0 Å². The molecule has 2 amide bonds. The maximum atomic E-state index is 12.5. The quantitative estimate of drug-likeness (QED) is 0.585. The van der Waals surface area contributed by atoms with Crippen LogP contribution in [-0.4, -0.2) is 58.3 Å². The third-order valence-corrected chi connectivity index (χ3v) is 4.27. The van der Waals surface area contributed by atoms with Crippen LogP contribution in [0.2, 0.25) is 0 Å². The number of benzene rings is 1. The minimum Gasteiger partial charge on any atom is -0.388 e. The first-order valence-corrected chi connectivity index (χ1v) is 7.24. The molecule has 7 nitrogen and oxygen atoms in total. The summed E-state index contributed by atoms with van der Waals surface area (Å²) in [6.07, 6.45) is -0.646. The Morgan fingerprint density at radius 1 is 1.41 bits per heavy atom. The Balaban J connectivity index is 1.78. The van der Waals surface area contributed by atoms with Crippen LogP contribution in [0.4, 0.5) is 11.4 Å². The van der Waals surface area contributed by atoms with E-state index in [0.717, 1.165) is 5.69 Å². The number of amides is 2. The van der Waals surface area contributed by atoms with Crippen molar-refractivity contribution in [1.29, 1.82) is 0 Å². The SMILES string of the molecule is C[C@@]1(O)CCN(C(=O)c2ccc3c(c2)NC(=O)CN3)C[C@H]1O. The number of nitrogens with one attached hydrogen (secondary N) is 2. The number of carbonyl (C=O) groups is 2. The topological polar surface area (TPSA) is 102 Å². The Morgan fingerprint density at radius 3 is 2.91 bits per heavy atom. The van der Waals surface area contributed by atoms with Crippen molar-refractivity contribution in [2.75, 3.05) is 30.3 Å². The molecule has 4 N–H and O–H groups in total. The van der Waals surface area contributed by atoms with E-state index in [1.54, 1.807) is 25.1 Å². The van der Waals surface area contributed by atoms with E-state index in [9.17, 15) is 19.8 Å². The molecular formula is C15H19N3O4. The number of β-amino-alcohol motifs (C(OH)–C–C–N with tert-alkyl or cyclic N) is 1. The van der Waals surface area contributed by atoms with Gasteiger partial charge in [-0.15, -0.1) is 0 Å². The van der Waals surface area contributed by atoms with E-state index in [2.05, 4.69) is 10.6 Å². The molecule has 3 rings (SSSR count). The van der Waals surface area contributed by atoms with Gasteiger partial charge in [-0.2, -0.15) is 0 Å². The van der Waals surface area contributed by atoms with E-state index in [1.807, 2.05) is 0 Å². The highest BCUT2D eigenvalue weighted by Crippen LogP contribution is 2.28. The van der Waals surface area contributed by atoms with Crippen LogP contribution < -0.4 is 10.6 Å². The molecule has 2 aliphatic rings. The standard InChI is InChI=1S/C15H19N3O4/c1-15(22)4-5-18(8-12(15)19)14(21)9-2-3-10-11(6-9)17-13(20)7-16-10/h2-3,6,12,16,19,22H,4-5,7-8H2,1H3,(H,17,20)/t12-,15-/m1/s1. The number of aliphatic hydroxyl groups is 2. The van der Waals surface area contributed by atoms with Crippen molar-refractivity contribution >= 4 is 23.2 Å². The van der Waals surface area contributed by atoms with Gasteiger partial charge in [0, 0.05) is 18.7 Å². The van der Waals surface area contributed by atoms with Gasteiger partial charge < -0.3 is 25.7 Å². The Labute approximate surface area is 127 Å². The van der Waals surface area contributed by atoms with Crippen molar-refractivity contribution in [3.8, 4) is 0 Å². The molecule has 0 unspecified atom stereocenters. The summed E-state index contributed by atoms with van der Waals surface area (Å²) < 4.78 is 0. The number of hydrogen-bond acceptors (Lipinski definition) is 5. The van der Waals surface area contributed by atoms with Gasteiger partial charge in [0.2, 0.25) is 5.91 Å². The van der Waals surface area contributed by atoms with E-state index >= 15 is 0 Å². The summed E-state index contributed by atoms with van der Waals surface area (Å²) in [6, 6.07) is 5.06. The number of fused-ring (bicyclic) bond motifs is 1. The van der Waals surface area contributed by atoms with Gasteiger partial charge in [-0.1, -0.05) is 0 Å². The third-order valence-electron chi connectivity index (χ3n) is 4.27. The number of hydrogen-bond donors (Lipinski definition) is 4. The lowest BCUT2D eigenvalue weighted by Crippen LogP contribution is -2.55. The molecule has 1 fully saturated rings. The molecule has 2 atom stereocenters. The molecule has 0 bridgehead atoms. The van der Waals surface area contributed by atoms with Gasteiger partial charge >= 0.3 is 0 Å². The molecule has 22 heavy (non-hydrogen) atoms. The van der Waals surface area contributed by atoms with E-state index in [-0.39, 0.29) is 24.9 Å². The third kappa shape index (κ3) is 2.65. The fourth-order valence-electron chi connectivity index (χ4n) is 2.70. The number of likely N-dealkylation sites (tertiary alicyclic amines) is 1. The molecule has 7 heteroatoms. The summed E-state index contributed by atoms with van der Waals surface area (Å²) in [4.78, 5) is 25.4. The summed E-state index contributed by atoms with van der Waals surface area (Å²) in [6.45, 7) is 2.26. The van der Waals surface area contributed by atoms with Gasteiger partial charge in [-0.25, -0.2) is 0 Å². The van der Waals surface area contributed by atoms with Crippen molar-refractivity contribution in [3.05, 3.63) is 23.8 Å². The molecule has 2 heterocycles. The Kier molecular flexibility index (Phi) is 3.54. The lowest BCUT2D eigenvalue weighted by molar-refractivity contribution is -0.114. The molecule has 1 aromatic carbocycles. The summed E-state index contributed by atoms with van der Waals surface area (Å²) in [5.74, 6) is -0.376. The van der Waals surface area contributed by atoms with Gasteiger partial charge in [0.05, 0.1) is 29.6 Å². The number of rotatable bonds is 1. The van der Waals surface area contributed by atoms with Gasteiger partial charge in [-0.05, 0) is 31.5 Å². The van der Waals surface area contributed by atoms with Gasteiger partial charge in [0.15, 0.2) is 0 Å². The van der Waals surface area contributed by atoms with Gasteiger partial charge in [0.25, 0.3) is 5.91 Å². The first-order valence-electron chi connectivity index (χ1n) is 7.24. The molecule has 0 radical (unpaired) electrons. The van der Waals surface area contributed by atoms with Crippen LogP contribution in [-0.2, 0) is 4.79 Å². The molecule has 118 valence electrons. The maximum Gasteiger partial charge on any atom is 0.254 e. The summed E-state index contributed by atoms with van der Waals surface area (Å²) in [7, 11) is 0. The number of piperidine rings is 1. The van der Waals surface area contributed by atoms with Crippen LogP contribution in [0.25, 0.3) is 0 Å². The first-order chi connectivity index (χ1) is 10.4. The fraction of sp³-hybridized carbons (Fsp3) is 0.467. The van der Waals surface area contributed by atoms with Crippen LogP contribution in [0.3, 0.4) is 0 Å². The number of carbonyl (C=O) groups excluding carboxylic acids is 2. The molecule has 1 aromatic rings. The Bertz CT molecular complexity index is 629. The van der Waals surface area contributed by atoms with Gasteiger partial charge in [-0.3, -0.25) is 9.59 Å². The maximum absolute atomic E-state index is 12.5. The summed E-state index contributed by atoms with van der Waals surface area (Å²) in [5, 5.41) is 25.6. The van der Waals surface area contributed by atoms with Crippen molar-refractivity contribution in [2.24, 2.45) is 0 Å². The molecule has 1 saturated heterocycles. The normalized spacial score (nSPS) is 27.7. The second-order valence-corrected chi connectivity index (χ2v) is 6.04. The zero-order chi connectivity index (χ0) is 15.9. The average molecular weight is 305 g/mol. The molecule has 0 saturated carbocycles. The summed E-state index contributed by atoms with van der Waals surface area (Å²) >= 11 is 0. The second-order valence-electron chi connectivity index (χ2n) is 6.04. The van der Waals surface area contributed by atoms with Crippen molar-refractivity contribution in [3.63, 3.8) is 0 Å². The predicted octanol–water partition coefficient (Wildman–Crippen LogP) is 0.00840. The van der Waals surface area contributed by atoms with E-state index in [0.29, 0.717) is 24.2 Å². The second kappa shape index (κ2) is 5.26.